The lowest BCUT2D eigenvalue weighted by Gasteiger charge is -2.29. The van der Waals surface area contributed by atoms with Gasteiger partial charge in [-0.1, -0.05) is 12.1 Å². The maximum atomic E-state index is 11.7. The predicted molar refractivity (Wildman–Crippen MR) is 95.3 cm³/mol. The highest BCUT2D eigenvalue weighted by Gasteiger charge is 2.23. The minimum Gasteiger partial charge on any atom is -0.495 e. The predicted octanol–water partition coefficient (Wildman–Crippen LogP) is 1.81. The van der Waals surface area contributed by atoms with Crippen LogP contribution in [0.2, 0.25) is 0 Å². The quantitative estimate of drug-likeness (QED) is 0.627. The summed E-state index contributed by atoms with van der Waals surface area (Å²) in [5.41, 5.74) is 2.81. The first-order chi connectivity index (χ1) is 12.3. The van der Waals surface area contributed by atoms with Crippen LogP contribution in [-0.2, 0) is 29.5 Å². The summed E-state index contributed by atoms with van der Waals surface area (Å²) in [6, 6.07) is 9.84. The van der Waals surface area contributed by atoms with Crippen LogP contribution in [0.4, 0.5) is 5.69 Å². The Morgan fingerprint density at radius 3 is 2.69 bits per heavy atom. The van der Waals surface area contributed by atoms with E-state index in [0.29, 0.717) is 26.1 Å². The lowest BCUT2D eigenvalue weighted by atomic mass is 9.99. The molecule has 26 heavy (non-hydrogen) atoms. The van der Waals surface area contributed by atoms with Crippen molar-refractivity contribution in [2.45, 2.75) is 24.4 Å². The van der Waals surface area contributed by atoms with Crippen molar-refractivity contribution in [3.63, 3.8) is 0 Å². The number of hydrogen-bond acceptors (Lipinski definition) is 6. The Kier molecular flexibility index (Phi) is 4.94. The van der Waals surface area contributed by atoms with Crippen molar-refractivity contribution in [2.75, 3.05) is 13.7 Å². The molecule has 0 aromatic heterocycles. The molecule has 0 radical (unpaired) electrons. The minimum absolute atomic E-state index is 0.00844. The molecule has 0 spiro atoms. The van der Waals surface area contributed by atoms with Gasteiger partial charge in [-0.25, -0.2) is 13.6 Å². The molecule has 2 aromatic carbocycles. The molecular weight excluding hydrogens is 358 g/mol. The fraction of sp³-hybridized carbons (Fsp3) is 0.294. The Morgan fingerprint density at radius 1 is 1.27 bits per heavy atom. The van der Waals surface area contributed by atoms with Gasteiger partial charge in [0.1, 0.15) is 10.6 Å². The first-order valence-electron chi connectivity index (χ1n) is 7.96. The number of nitro benzene ring substituents is 1. The summed E-state index contributed by atoms with van der Waals surface area (Å²) in [7, 11) is -2.45. The monoisotopic (exact) mass is 377 g/mol. The molecule has 1 aliphatic rings. The topological polar surface area (TPSA) is 116 Å². The number of hydrogen-bond donors (Lipinski definition) is 1. The van der Waals surface area contributed by atoms with Crippen LogP contribution in [0.25, 0.3) is 0 Å². The van der Waals surface area contributed by atoms with Crippen LogP contribution in [0.1, 0.15) is 16.7 Å². The lowest BCUT2D eigenvalue weighted by molar-refractivity contribution is -0.384. The third-order valence-corrected chi connectivity index (χ3v) is 5.34. The van der Waals surface area contributed by atoms with Crippen molar-refractivity contribution >= 4 is 15.7 Å². The fourth-order valence-corrected chi connectivity index (χ4v) is 3.90. The number of non-ortho nitro benzene ring substituents is 1. The zero-order valence-electron chi connectivity index (χ0n) is 14.2. The molecule has 9 heteroatoms. The van der Waals surface area contributed by atoms with Crippen molar-refractivity contribution in [1.29, 1.82) is 0 Å². The van der Waals surface area contributed by atoms with Crippen molar-refractivity contribution in [1.82, 2.24) is 4.90 Å². The number of nitrogens with two attached hydrogens (primary N) is 1. The number of sulfonamides is 1. The highest BCUT2D eigenvalue weighted by molar-refractivity contribution is 7.89. The second-order valence-corrected chi connectivity index (χ2v) is 7.73. The van der Waals surface area contributed by atoms with E-state index < -0.39 is 14.9 Å². The van der Waals surface area contributed by atoms with Gasteiger partial charge in [-0.3, -0.25) is 15.0 Å². The average Bonchev–Trinajstić information content (AvgIpc) is 2.60. The Balaban J connectivity index is 1.84. The van der Waals surface area contributed by atoms with Crippen molar-refractivity contribution in [2.24, 2.45) is 5.14 Å². The number of primary sulfonamides is 1. The number of ether oxygens (including phenoxy) is 1. The zero-order valence-corrected chi connectivity index (χ0v) is 15.0. The Hall–Kier alpha value is -2.49. The molecule has 138 valence electrons. The second kappa shape index (κ2) is 7.02. The van der Waals surface area contributed by atoms with E-state index in [-0.39, 0.29) is 16.3 Å². The molecule has 2 aromatic rings. The van der Waals surface area contributed by atoms with Crippen LogP contribution in [0.15, 0.2) is 41.3 Å². The van der Waals surface area contributed by atoms with Crippen LogP contribution in [-0.4, -0.2) is 31.9 Å². The van der Waals surface area contributed by atoms with E-state index in [4.69, 9.17) is 9.88 Å². The van der Waals surface area contributed by atoms with Gasteiger partial charge < -0.3 is 4.74 Å². The van der Waals surface area contributed by atoms with Crippen LogP contribution >= 0.6 is 0 Å². The molecule has 1 heterocycles. The van der Waals surface area contributed by atoms with E-state index in [9.17, 15) is 18.5 Å². The third-order valence-electron chi connectivity index (χ3n) is 4.41. The van der Waals surface area contributed by atoms with Gasteiger partial charge in [-0.2, -0.15) is 0 Å². The molecule has 0 bridgehead atoms. The molecule has 1 aliphatic heterocycles. The fourth-order valence-electron chi connectivity index (χ4n) is 3.17. The summed E-state index contributed by atoms with van der Waals surface area (Å²) < 4.78 is 28.6. The van der Waals surface area contributed by atoms with Gasteiger partial charge >= 0.3 is 0 Å². The smallest absolute Gasteiger partial charge is 0.269 e. The summed E-state index contributed by atoms with van der Waals surface area (Å²) in [5, 5.41) is 16.2. The van der Waals surface area contributed by atoms with E-state index in [1.54, 1.807) is 24.3 Å². The molecule has 0 saturated heterocycles. The number of nitrogens with zero attached hydrogens (tertiary/aromatic N) is 2. The number of methoxy groups -OCH3 is 1. The lowest BCUT2D eigenvalue weighted by Crippen LogP contribution is -2.30. The largest absolute Gasteiger partial charge is 0.495 e. The second-order valence-electron chi connectivity index (χ2n) is 6.20. The molecule has 0 aliphatic carbocycles. The zero-order chi connectivity index (χ0) is 18.9. The molecule has 0 fully saturated rings. The Bertz CT molecular complexity index is 959. The van der Waals surface area contributed by atoms with Crippen LogP contribution in [0.5, 0.6) is 5.75 Å². The number of fused-ring (bicyclic) bond motifs is 1. The number of rotatable bonds is 5. The van der Waals surface area contributed by atoms with Crippen molar-refractivity contribution < 1.29 is 18.1 Å². The van der Waals surface area contributed by atoms with E-state index in [1.807, 2.05) is 6.07 Å². The van der Waals surface area contributed by atoms with Gasteiger partial charge in [-0.15, -0.1) is 0 Å². The normalized spacial score (nSPS) is 14.7. The molecular formula is C17H19N3O5S. The highest BCUT2D eigenvalue weighted by Crippen LogP contribution is 2.31. The maximum Gasteiger partial charge on any atom is 0.269 e. The van der Waals surface area contributed by atoms with Crippen molar-refractivity contribution in [3.05, 3.63) is 63.2 Å². The molecule has 0 amide bonds. The summed E-state index contributed by atoms with van der Waals surface area (Å²) >= 11 is 0. The number of benzene rings is 2. The minimum atomic E-state index is -3.86. The van der Waals surface area contributed by atoms with E-state index in [1.165, 1.54) is 13.2 Å². The van der Waals surface area contributed by atoms with Gasteiger partial charge in [0.25, 0.3) is 5.69 Å². The summed E-state index contributed by atoms with van der Waals surface area (Å²) in [6.45, 7) is 1.88. The first kappa shape index (κ1) is 18.3. The van der Waals surface area contributed by atoms with Gasteiger partial charge in [0, 0.05) is 31.8 Å². The van der Waals surface area contributed by atoms with Crippen LogP contribution in [0.3, 0.4) is 0 Å². The first-order valence-corrected chi connectivity index (χ1v) is 9.51. The molecule has 0 unspecified atom stereocenters. The van der Waals surface area contributed by atoms with E-state index in [0.717, 1.165) is 16.7 Å². The van der Waals surface area contributed by atoms with Gasteiger partial charge in [0.15, 0.2) is 0 Å². The Labute approximate surface area is 151 Å². The standard InChI is InChI=1S/C17H19N3O5S/c1-25-16-8-14-11-19(6-5-13(14)9-17(16)26(18,23)24)10-12-3-2-4-15(7-12)20(21)22/h2-4,7-9H,5-6,10-11H2,1H3,(H2,18,23,24). The summed E-state index contributed by atoms with van der Waals surface area (Å²) in [5.74, 6) is 0.225. The molecule has 0 saturated carbocycles. The van der Waals surface area contributed by atoms with Crippen LogP contribution < -0.4 is 9.88 Å². The van der Waals surface area contributed by atoms with Gasteiger partial charge in [0.05, 0.1) is 12.0 Å². The van der Waals surface area contributed by atoms with Crippen LogP contribution in [0, 0.1) is 10.1 Å². The molecule has 8 nitrogen and oxygen atoms in total. The average molecular weight is 377 g/mol. The summed E-state index contributed by atoms with van der Waals surface area (Å²) in [6.07, 6.45) is 0.663. The summed E-state index contributed by atoms with van der Waals surface area (Å²) in [4.78, 5) is 12.6. The molecule has 0 atom stereocenters. The third kappa shape index (κ3) is 3.85. The number of nitro groups is 1. The Morgan fingerprint density at radius 2 is 2.04 bits per heavy atom. The van der Waals surface area contributed by atoms with Gasteiger partial charge in [0.2, 0.25) is 10.0 Å². The van der Waals surface area contributed by atoms with Crippen molar-refractivity contribution in [3.8, 4) is 5.75 Å². The SMILES string of the molecule is COc1cc2c(cc1S(N)(=O)=O)CCN(Cc1cccc([N+](=O)[O-])c1)C2. The maximum absolute atomic E-state index is 11.7. The van der Waals surface area contributed by atoms with E-state index >= 15 is 0 Å². The van der Waals surface area contributed by atoms with E-state index in [2.05, 4.69) is 4.90 Å². The molecule has 2 N–H and O–H groups in total. The molecule has 3 rings (SSSR count). The van der Waals surface area contributed by atoms with Gasteiger partial charge in [-0.05, 0) is 35.2 Å². The highest BCUT2D eigenvalue weighted by atomic mass is 32.2.